The molecule has 5 nitrogen and oxygen atoms in total. The summed E-state index contributed by atoms with van der Waals surface area (Å²) < 4.78 is 6.26. The maximum atomic E-state index is 11.4. The normalized spacial score (nSPS) is 24.1. The van der Waals surface area contributed by atoms with Crippen LogP contribution in [-0.2, 0) is 10.2 Å². The number of nitro groups is 1. The Balaban J connectivity index is 1.78. The Hall–Kier alpha value is -2.40. The first-order valence-electron chi connectivity index (χ1n) is 10.0. The van der Waals surface area contributed by atoms with Crippen molar-refractivity contribution in [2.24, 2.45) is 5.92 Å². The zero-order chi connectivity index (χ0) is 20.1. The van der Waals surface area contributed by atoms with E-state index in [0.717, 1.165) is 30.7 Å². The molecule has 0 saturated carbocycles. The second-order valence-electron chi connectivity index (χ2n) is 9.07. The summed E-state index contributed by atoms with van der Waals surface area (Å²) in [7, 11) is 0. The van der Waals surface area contributed by atoms with Crippen molar-refractivity contribution in [3.05, 3.63) is 68.8 Å². The van der Waals surface area contributed by atoms with Gasteiger partial charge in [-0.05, 0) is 42.4 Å². The molecule has 1 N–H and O–H groups in total. The maximum absolute atomic E-state index is 11.4. The first-order chi connectivity index (χ1) is 13.3. The number of nitrogens with zero attached hydrogens (tertiary/aromatic N) is 1. The molecule has 1 fully saturated rings. The highest BCUT2D eigenvalue weighted by Crippen LogP contribution is 2.50. The number of nitro benzene ring substituents is 1. The van der Waals surface area contributed by atoms with Gasteiger partial charge in [0.05, 0.1) is 17.1 Å². The minimum Gasteiger partial charge on any atom is -0.378 e. The van der Waals surface area contributed by atoms with Gasteiger partial charge < -0.3 is 10.1 Å². The molecular weight excluding hydrogens is 352 g/mol. The third-order valence-electron chi connectivity index (χ3n) is 6.12. The van der Waals surface area contributed by atoms with E-state index in [4.69, 9.17) is 4.74 Å². The molecule has 5 heteroatoms. The van der Waals surface area contributed by atoms with Crippen molar-refractivity contribution in [1.82, 2.24) is 0 Å². The molecule has 3 unspecified atom stereocenters. The zero-order valence-electron chi connectivity index (χ0n) is 17.0. The van der Waals surface area contributed by atoms with Gasteiger partial charge in [-0.2, -0.15) is 0 Å². The van der Waals surface area contributed by atoms with E-state index in [0.29, 0.717) is 5.56 Å². The van der Waals surface area contributed by atoms with Gasteiger partial charge in [-0.25, -0.2) is 0 Å². The van der Waals surface area contributed by atoms with Crippen LogP contribution < -0.4 is 5.32 Å². The van der Waals surface area contributed by atoms with Crippen LogP contribution in [0.5, 0.6) is 0 Å². The van der Waals surface area contributed by atoms with Crippen LogP contribution in [0.1, 0.15) is 68.0 Å². The third-order valence-corrected chi connectivity index (χ3v) is 6.12. The van der Waals surface area contributed by atoms with Gasteiger partial charge >= 0.3 is 0 Å². The molecule has 2 aromatic rings. The van der Waals surface area contributed by atoms with Gasteiger partial charge in [0, 0.05) is 35.4 Å². The number of fused-ring (bicyclic) bond motifs is 3. The minimum atomic E-state index is -0.292. The predicted octanol–water partition coefficient (Wildman–Crippen LogP) is 5.84. The molecule has 0 radical (unpaired) electrons. The number of aryl methyl sites for hydroxylation is 1. The highest BCUT2D eigenvalue weighted by molar-refractivity contribution is 5.59. The summed E-state index contributed by atoms with van der Waals surface area (Å²) >= 11 is 0. The second kappa shape index (κ2) is 6.89. The molecule has 0 aliphatic carbocycles. The van der Waals surface area contributed by atoms with Crippen molar-refractivity contribution in [2.75, 3.05) is 11.9 Å². The van der Waals surface area contributed by atoms with Crippen molar-refractivity contribution in [3.63, 3.8) is 0 Å². The minimum absolute atomic E-state index is 0.0117. The van der Waals surface area contributed by atoms with Crippen LogP contribution in [0.4, 0.5) is 11.4 Å². The molecule has 4 rings (SSSR count). The third kappa shape index (κ3) is 3.28. The summed E-state index contributed by atoms with van der Waals surface area (Å²) in [6.07, 6.45) is 2.09. The smallest absolute Gasteiger partial charge is 0.272 e. The number of benzene rings is 2. The van der Waals surface area contributed by atoms with Crippen LogP contribution in [0.2, 0.25) is 0 Å². The molecule has 2 heterocycles. The highest BCUT2D eigenvalue weighted by atomic mass is 16.6. The van der Waals surface area contributed by atoms with E-state index in [9.17, 15) is 10.1 Å². The fraction of sp³-hybridized carbons (Fsp3) is 0.478. The van der Waals surface area contributed by atoms with Gasteiger partial charge in [0.25, 0.3) is 5.69 Å². The lowest BCUT2D eigenvalue weighted by Crippen LogP contribution is -2.36. The van der Waals surface area contributed by atoms with E-state index in [2.05, 4.69) is 44.3 Å². The number of ether oxygens (including phenoxy) is 1. The molecule has 2 aliphatic rings. The van der Waals surface area contributed by atoms with Crippen molar-refractivity contribution in [2.45, 2.75) is 58.1 Å². The van der Waals surface area contributed by atoms with Gasteiger partial charge in [-0.3, -0.25) is 10.1 Å². The fourth-order valence-electron chi connectivity index (χ4n) is 4.48. The summed E-state index contributed by atoms with van der Waals surface area (Å²) in [6.45, 7) is 9.21. The van der Waals surface area contributed by atoms with Crippen molar-refractivity contribution in [3.8, 4) is 0 Å². The lowest BCUT2D eigenvalue weighted by molar-refractivity contribution is -0.385. The van der Waals surface area contributed by atoms with Gasteiger partial charge in [-0.1, -0.05) is 45.0 Å². The molecule has 28 heavy (non-hydrogen) atoms. The number of rotatable bonds is 2. The van der Waals surface area contributed by atoms with E-state index in [-0.39, 0.29) is 34.1 Å². The summed E-state index contributed by atoms with van der Waals surface area (Å²) in [6, 6.07) is 12.2. The van der Waals surface area contributed by atoms with Crippen LogP contribution >= 0.6 is 0 Å². The van der Waals surface area contributed by atoms with E-state index in [1.165, 1.54) is 11.1 Å². The molecule has 148 valence electrons. The van der Waals surface area contributed by atoms with Crippen LogP contribution in [0.15, 0.2) is 36.4 Å². The van der Waals surface area contributed by atoms with Gasteiger partial charge in [0.2, 0.25) is 0 Å². The lowest BCUT2D eigenvalue weighted by atomic mass is 9.75. The Labute approximate surface area is 166 Å². The SMILES string of the molecule is Cc1ccc(C2Nc3ccc(C(C)(C)C)cc3C3OCCCC23)cc1[N+](=O)[O-]. The summed E-state index contributed by atoms with van der Waals surface area (Å²) in [5.74, 6) is 0.263. The standard InChI is InChI=1S/C23H28N2O3/c1-14-7-8-15(12-20(14)25(26)27)21-17-6-5-11-28-22(17)18-13-16(23(2,3)4)9-10-19(18)24-21/h7-10,12-13,17,21-22,24H,5-6,11H2,1-4H3. The van der Waals surface area contributed by atoms with Gasteiger partial charge in [-0.15, -0.1) is 0 Å². The van der Waals surface area contributed by atoms with Crippen LogP contribution in [0.25, 0.3) is 0 Å². The summed E-state index contributed by atoms with van der Waals surface area (Å²) in [5, 5.41) is 15.1. The van der Waals surface area contributed by atoms with Gasteiger partial charge in [0.1, 0.15) is 0 Å². The zero-order valence-corrected chi connectivity index (χ0v) is 17.0. The van der Waals surface area contributed by atoms with E-state index >= 15 is 0 Å². The molecule has 2 aromatic carbocycles. The molecule has 3 atom stereocenters. The largest absolute Gasteiger partial charge is 0.378 e. The monoisotopic (exact) mass is 380 g/mol. The first-order valence-corrected chi connectivity index (χ1v) is 10.0. The molecular formula is C23H28N2O3. The van der Waals surface area contributed by atoms with Crippen molar-refractivity contribution < 1.29 is 9.66 Å². The first kappa shape index (κ1) is 18.9. The number of hydrogen-bond donors (Lipinski definition) is 1. The molecule has 1 saturated heterocycles. The van der Waals surface area contributed by atoms with Gasteiger partial charge in [0.15, 0.2) is 0 Å². The van der Waals surface area contributed by atoms with E-state index < -0.39 is 0 Å². The Kier molecular flexibility index (Phi) is 4.66. The van der Waals surface area contributed by atoms with Crippen LogP contribution in [0, 0.1) is 23.0 Å². The van der Waals surface area contributed by atoms with Crippen LogP contribution in [-0.4, -0.2) is 11.5 Å². The highest BCUT2D eigenvalue weighted by Gasteiger charge is 2.40. The fourth-order valence-corrected chi connectivity index (χ4v) is 4.48. The molecule has 0 aromatic heterocycles. The maximum Gasteiger partial charge on any atom is 0.272 e. The predicted molar refractivity (Wildman–Crippen MR) is 111 cm³/mol. The summed E-state index contributed by atoms with van der Waals surface area (Å²) in [5.41, 5.74) is 5.50. The van der Waals surface area contributed by atoms with E-state index in [1.54, 1.807) is 13.0 Å². The Bertz CT molecular complexity index is 917. The molecule has 2 aliphatic heterocycles. The number of nitrogens with one attached hydrogen (secondary N) is 1. The average molecular weight is 380 g/mol. The number of anilines is 1. The second-order valence-corrected chi connectivity index (χ2v) is 9.07. The lowest BCUT2D eigenvalue weighted by Gasteiger charge is -2.43. The Morgan fingerprint density at radius 1 is 1.18 bits per heavy atom. The quantitative estimate of drug-likeness (QED) is 0.525. The molecule has 0 bridgehead atoms. The molecule has 0 spiro atoms. The van der Waals surface area contributed by atoms with Crippen LogP contribution in [0.3, 0.4) is 0 Å². The Morgan fingerprint density at radius 2 is 1.96 bits per heavy atom. The Morgan fingerprint density at radius 3 is 2.68 bits per heavy atom. The molecule has 0 amide bonds. The van der Waals surface area contributed by atoms with E-state index in [1.807, 2.05) is 12.1 Å². The topological polar surface area (TPSA) is 64.4 Å². The van der Waals surface area contributed by atoms with Crippen molar-refractivity contribution in [1.29, 1.82) is 0 Å². The van der Waals surface area contributed by atoms with Crippen molar-refractivity contribution >= 4 is 11.4 Å². The average Bonchev–Trinajstić information content (AvgIpc) is 2.66. The number of hydrogen-bond acceptors (Lipinski definition) is 4. The summed E-state index contributed by atoms with van der Waals surface area (Å²) in [4.78, 5) is 11.1.